The summed E-state index contributed by atoms with van der Waals surface area (Å²) in [5.74, 6) is 0. The highest BCUT2D eigenvalue weighted by molar-refractivity contribution is 7.10. The quantitative estimate of drug-likeness (QED) is 0.919. The van der Waals surface area contributed by atoms with Gasteiger partial charge in [-0.1, -0.05) is 6.07 Å². The van der Waals surface area contributed by atoms with Gasteiger partial charge in [0.05, 0.1) is 6.04 Å². The second kappa shape index (κ2) is 5.50. The summed E-state index contributed by atoms with van der Waals surface area (Å²) in [4.78, 5) is 7.93. The first kappa shape index (κ1) is 13.1. The summed E-state index contributed by atoms with van der Waals surface area (Å²) in [6.07, 6.45) is 1.88. The minimum atomic E-state index is 0.345. The molecule has 0 aromatic carbocycles. The number of nitrogens with two attached hydrogens (primary N) is 1. The standard InChI is InChI=1S/C14H19N3S/c1-10-7-13(12(8-15)9-16-10)17(3)11(2)14-5-4-6-18-14/h4-7,9,11H,8,15H2,1-3H3. The molecule has 0 saturated heterocycles. The zero-order valence-corrected chi connectivity index (χ0v) is 11.9. The minimum Gasteiger partial charge on any atom is -0.367 e. The van der Waals surface area contributed by atoms with Gasteiger partial charge in [0.15, 0.2) is 0 Å². The molecule has 2 N–H and O–H groups in total. The molecule has 0 bridgehead atoms. The number of pyridine rings is 1. The number of aromatic nitrogens is 1. The van der Waals surface area contributed by atoms with Gasteiger partial charge in [0.1, 0.15) is 0 Å². The highest BCUT2D eigenvalue weighted by atomic mass is 32.1. The molecule has 2 aromatic heterocycles. The lowest BCUT2D eigenvalue weighted by atomic mass is 10.1. The molecule has 0 aliphatic heterocycles. The first-order valence-electron chi connectivity index (χ1n) is 6.05. The molecule has 0 fully saturated rings. The van der Waals surface area contributed by atoms with Gasteiger partial charge in [-0.05, 0) is 31.4 Å². The van der Waals surface area contributed by atoms with Gasteiger partial charge >= 0.3 is 0 Å². The van der Waals surface area contributed by atoms with E-state index in [1.807, 2.05) is 13.1 Å². The third-order valence-electron chi connectivity index (χ3n) is 3.23. The van der Waals surface area contributed by atoms with Gasteiger partial charge in [-0.3, -0.25) is 4.98 Å². The highest BCUT2D eigenvalue weighted by Crippen LogP contribution is 2.30. The summed E-state index contributed by atoms with van der Waals surface area (Å²) in [5, 5.41) is 2.11. The Labute approximate surface area is 112 Å². The maximum absolute atomic E-state index is 5.79. The van der Waals surface area contributed by atoms with Crippen molar-refractivity contribution < 1.29 is 0 Å². The first-order chi connectivity index (χ1) is 8.63. The van der Waals surface area contributed by atoms with Crippen molar-refractivity contribution in [3.8, 4) is 0 Å². The second-order valence-corrected chi connectivity index (χ2v) is 5.44. The van der Waals surface area contributed by atoms with Gasteiger partial charge in [0, 0.05) is 41.6 Å². The lowest BCUT2D eigenvalue weighted by Crippen LogP contribution is -2.23. The monoisotopic (exact) mass is 261 g/mol. The molecular formula is C14H19N3S. The average molecular weight is 261 g/mol. The molecule has 3 nitrogen and oxygen atoms in total. The van der Waals surface area contributed by atoms with Gasteiger partial charge in [-0.15, -0.1) is 11.3 Å². The van der Waals surface area contributed by atoms with Crippen LogP contribution >= 0.6 is 11.3 Å². The largest absolute Gasteiger partial charge is 0.367 e. The molecule has 18 heavy (non-hydrogen) atoms. The summed E-state index contributed by atoms with van der Waals surface area (Å²) in [7, 11) is 2.11. The fourth-order valence-electron chi connectivity index (χ4n) is 1.99. The van der Waals surface area contributed by atoms with Crippen molar-refractivity contribution in [1.29, 1.82) is 0 Å². The van der Waals surface area contributed by atoms with Crippen LogP contribution in [-0.2, 0) is 6.54 Å². The maximum Gasteiger partial charge on any atom is 0.0603 e. The van der Waals surface area contributed by atoms with Crippen LogP contribution in [-0.4, -0.2) is 12.0 Å². The van der Waals surface area contributed by atoms with Gasteiger partial charge in [-0.2, -0.15) is 0 Å². The molecule has 0 spiro atoms. The van der Waals surface area contributed by atoms with E-state index in [2.05, 4.69) is 47.4 Å². The number of thiophene rings is 1. The van der Waals surface area contributed by atoms with Crippen molar-refractivity contribution >= 4 is 17.0 Å². The smallest absolute Gasteiger partial charge is 0.0603 e. The van der Waals surface area contributed by atoms with Gasteiger partial charge in [0.25, 0.3) is 0 Å². The Morgan fingerprint density at radius 2 is 2.28 bits per heavy atom. The Balaban J connectivity index is 2.33. The third kappa shape index (κ3) is 2.54. The van der Waals surface area contributed by atoms with E-state index in [9.17, 15) is 0 Å². The van der Waals surface area contributed by atoms with Crippen molar-refractivity contribution in [3.05, 3.63) is 45.9 Å². The number of nitrogens with zero attached hydrogens (tertiary/aromatic N) is 2. The Morgan fingerprint density at radius 1 is 1.50 bits per heavy atom. The number of hydrogen-bond donors (Lipinski definition) is 1. The number of hydrogen-bond acceptors (Lipinski definition) is 4. The molecular weight excluding hydrogens is 242 g/mol. The number of anilines is 1. The maximum atomic E-state index is 5.79. The van der Waals surface area contributed by atoms with E-state index in [4.69, 9.17) is 5.73 Å². The summed E-state index contributed by atoms with van der Waals surface area (Å²) in [6, 6.07) is 6.71. The predicted molar refractivity (Wildman–Crippen MR) is 78.0 cm³/mol. The summed E-state index contributed by atoms with van der Waals surface area (Å²) >= 11 is 1.78. The molecule has 1 atom stereocenters. The fraction of sp³-hybridized carbons (Fsp3) is 0.357. The van der Waals surface area contributed by atoms with Crippen LogP contribution in [0.25, 0.3) is 0 Å². The molecule has 1 unspecified atom stereocenters. The molecule has 0 amide bonds. The lowest BCUT2D eigenvalue weighted by Gasteiger charge is -2.28. The Morgan fingerprint density at radius 3 is 2.89 bits per heavy atom. The van der Waals surface area contributed by atoms with E-state index in [0.29, 0.717) is 12.6 Å². The van der Waals surface area contributed by atoms with Crippen molar-refractivity contribution in [2.75, 3.05) is 11.9 Å². The van der Waals surface area contributed by atoms with Crippen molar-refractivity contribution in [3.63, 3.8) is 0 Å². The molecule has 0 saturated carbocycles. The van der Waals surface area contributed by atoms with Crippen LogP contribution < -0.4 is 10.6 Å². The van der Waals surface area contributed by atoms with Crippen molar-refractivity contribution in [1.82, 2.24) is 4.98 Å². The van der Waals surface area contributed by atoms with Crippen LogP contribution in [0.3, 0.4) is 0 Å². The molecule has 4 heteroatoms. The molecule has 2 heterocycles. The molecule has 2 rings (SSSR count). The lowest BCUT2D eigenvalue weighted by molar-refractivity contribution is 0.746. The summed E-state index contributed by atoms with van der Waals surface area (Å²) < 4.78 is 0. The Hall–Kier alpha value is -1.39. The molecule has 2 aromatic rings. The Kier molecular flexibility index (Phi) is 3.99. The number of aryl methyl sites for hydroxylation is 1. The summed E-state index contributed by atoms with van der Waals surface area (Å²) in [5.41, 5.74) is 9.08. The van der Waals surface area contributed by atoms with Crippen LogP contribution in [0, 0.1) is 6.92 Å². The zero-order chi connectivity index (χ0) is 13.1. The number of rotatable bonds is 4. The van der Waals surface area contributed by atoms with E-state index in [-0.39, 0.29) is 0 Å². The molecule has 0 aliphatic carbocycles. The van der Waals surface area contributed by atoms with Gasteiger partial charge < -0.3 is 10.6 Å². The van der Waals surface area contributed by atoms with Crippen LogP contribution in [0.5, 0.6) is 0 Å². The topological polar surface area (TPSA) is 42.1 Å². The molecule has 0 aliphatic rings. The Bertz CT molecular complexity index is 508. The van der Waals surface area contributed by atoms with Gasteiger partial charge in [0.2, 0.25) is 0 Å². The predicted octanol–water partition coefficient (Wildman–Crippen LogP) is 3.11. The van der Waals surface area contributed by atoms with E-state index in [0.717, 1.165) is 11.3 Å². The van der Waals surface area contributed by atoms with E-state index in [1.165, 1.54) is 10.6 Å². The fourth-order valence-corrected chi connectivity index (χ4v) is 2.81. The normalized spacial score (nSPS) is 12.4. The van der Waals surface area contributed by atoms with E-state index >= 15 is 0 Å². The minimum absolute atomic E-state index is 0.345. The van der Waals surface area contributed by atoms with Crippen LogP contribution in [0.15, 0.2) is 29.8 Å². The first-order valence-corrected chi connectivity index (χ1v) is 6.93. The van der Waals surface area contributed by atoms with Crippen molar-refractivity contribution in [2.45, 2.75) is 26.4 Å². The van der Waals surface area contributed by atoms with Crippen molar-refractivity contribution in [2.24, 2.45) is 5.73 Å². The SMILES string of the molecule is Cc1cc(N(C)C(C)c2cccs2)c(CN)cn1. The van der Waals surface area contributed by atoms with Crippen LogP contribution in [0.4, 0.5) is 5.69 Å². The molecule has 0 radical (unpaired) electrons. The highest BCUT2D eigenvalue weighted by Gasteiger charge is 2.16. The summed E-state index contributed by atoms with van der Waals surface area (Å²) in [6.45, 7) is 4.74. The average Bonchev–Trinajstić information content (AvgIpc) is 2.90. The van der Waals surface area contributed by atoms with Crippen LogP contribution in [0.1, 0.15) is 29.1 Å². The van der Waals surface area contributed by atoms with Crippen LogP contribution in [0.2, 0.25) is 0 Å². The molecule has 96 valence electrons. The zero-order valence-electron chi connectivity index (χ0n) is 11.1. The van der Waals surface area contributed by atoms with E-state index < -0.39 is 0 Å². The van der Waals surface area contributed by atoms with E-state index in [1.54, 1.807) is 11.3 Å². The van der Waals surface area contributed by atoms with Gasteiger partial charge in [-0.25, -0.2) is 0 Å². The second-order valence-electron chi connectivity index (χ2n) is 4.46. The third-order valence-corrected chi connectivity index (χ3v) is 4.28.